The average Bonchev–Trinajstić information content (AvgIpc) is 4.30. The molecule has 17 heteroatoms. The van der Waals surface area contributed by atoms with E-state index in [1.165, 1.54) is 52.0 Å². The first-order chi connectivity index (χ1) is 36.2. The highest BCUT2D eigenvalue weighted by Crippen LogP contribution is 2.24. The van der Waals surface area contributed by atoms with E-state index < -0.39 is 0 Å². The molecule has 10 heterocycles. The van der Waals surface area contributed by atoms with E-state index in [2.05, 4.69) is 168 Å². The van der Waals surface area contributed by atoms with Crippen molar-refractivity contribution in [3.63, 3.8) is 0 Å². The largest absolute Gasteiger partial charge is 0.285 e. The van der Waals surface area contributed by atoms with E-state index in [1.54, 1.807) is 59.2 Å². The summed E-state index contributed by atoms with van der Waals surface area (Å²) in [7, 11) is 19.9. The Kier molecular flexibility index (Phi) is 29.6. The summed E-state index contributed by atoms with van der Waals surface area (Å²) in [4.78, 5) is 15.1. The van der Waals surface area contributed by atoms with Crippen molar-refractivity contribution in [2.75, 3.05) is 28.2 Å². The van der Waals surface area contributed by atoms with E-state index in [4.69, 9.17) is 0 Å². The van der Waals surface area contributed by atoms with Crippen LogP contribution in [0.3, 0.4) is 0 Å². The highest BCUT2D eigenvalue weighted by atomic mass is 32.1. The molecule has 75 heavy (non-hydrogen) atoms. The van der Waals surface area contributed by atoms with Crippen LogP contribution in [-0.2, 0) is 55.1 Å². The third-order valence-corrected chi connectivity index (χ3v) is 11.4. The summed E-state index contributed by atoms with van der Waals surface area (Å²) in [6, 6.07) is 28.8. The van der Waals surface area contributed by atoms with Crippen molar-refractivity contribution in [3.05, 3.63) is 220 Å². The third-order valence-electron chi connectivity index (χ3n) is 10.8. The van der Waals surface area contributed by atoms with Gasteiger partial charge in [0.1, 0.15) is 67.1 Å². The Morgan fingerprint density at radius 1 is 0.467 bits per heavy atom. The second-order valence-electron chi connectivity index (χ2n) is 17.2. The summed E-state index contributed by atoms with van der Waals surface area (Å²) >= 11 is 1.44. The maximum Gasteiger partial charge on any atom is 0.285 e. The minimum Gasteiger partial charge on any atom is -0.252 e. The quantitative estimate of drug-likeness (QED) is 0.204. The SMILES string of the molecule is CC1=[N+](C)C=CC1.CC1=[N+](C)c2ccccc2C1.C[N+]1=CCC=C1.C[N+]1=CCc2ccccc21.C[n+]1ccccc1.C[n+]1ccccn1.C[n+]1cccnc1.C[n+]1ccncc1.C[n+]1ccns1.C[n+]1cncnc1. The number of benzene rings is 2. The number of aryl methyl sites for hydroxylation is 6. The molecule has 0 bridgehead atoms. The van der Waals surface area contributed by atoms with Crippen LogP contribution < -0.4 is 26.9 Å². The van der Waals surface area contributed by atoms with Gasteiger partial charge in [0.2, 0.25) is 24.0 Å². The summed E-state index contributed by atoms with van der Waals surface area (Å²) in [5, 5.41) is 3.90. The van der Waals surface area contributed by atoms with Gasteiger partial charge < -0.3 is 0 Å². The second-order valence-corrected chi connectivity index (χ2v) is 18.2. The van der Waals surface area contributed by atoms with Gasteiger partial charge in [-0.05, 0) is 23.3 Å². The molecule has 0 fully saturated rings. The predicted octanol–water partition coefficient (Wildman–Crippen LogP) is 4.69. The van der Waals surface area contributed by atoms with Gasteiger partial charge >= 0.3 is 0 Å². The molecule has 0 radical (unpaired) electrons. The van der Waals surface area contributed by atoms with Crippen molar-refractivity contribution in [2.45, 2.75) is 39.5 Å². The zero-order valence-electron chi connectivity index (χ0n) is 46.2. The molecule has 388 valence electrons. The molecular formula is C58H80N16S+10. The highest BCUT2D eigenvalue weighted by molar-refractivity contribution is 6.94. The Bertz CT molecular complexity index is 2760. The van der Waals surface area contributed by atoms with E-state index in [0.717, 1.165) is 25.7 Å². The lowest BCUT2D eigenvalue weighted by atomic mass is 10.1. The van der Waals surface area contributed by atoms with Crippen molar-refractivity contribution in [2.24, 2.45) is 42.3 Å². The molecule has 4 aliphatic rings. The molecule has 0 amide bonds. The average molecular weight is 1030 g/mol. The topological polar surface area (TPSA) is 113 Å². The molecule has 2 aromatic carbocycles. The van der Waals surface area contributed by atoms with Crippen LogP contribution in [0, 0.1) is 0 Å². The summed E-state index contributed by atoms with van der Waals surface area (Å²) in [6.07, 6.45) is 46.1. The number of aromatic nitrogens is 12. The van der Waals surface area contributed by atoms with Crippen LogP contribution in [-0.4, -0.2) is 99.8 Å². The van der Waals surface area contributed by atoms with Gasteiger partial charge in [0.05, 0.1) is 65.2 Å². The fourth-order valence-electron chi connectivity index (χ4n) is 6.39. The molecule has 0 spiro atoms. The summed E-state index contributed by atoms with van der Waals surface area (Å²) < 4.78 is 23.7. The van der Waals surface area contributed by atoms with Gasteiger partial charge in [-0.3, -0.25) is 4.98 Å². The first-order valence-corrected chi connectivity index (χ1v) is 25.2. The maximum atomic E-state index is 3.90. The van der Waals surface area contributed by atoms with Crippen LogP contribution in [0.1, 0.15) is 37.8 Å². The van der Waals surface area contributed by atoms with Crippen LogP contribution >= 0.6 is 11.7 Å². The van der Waals surface area contributed by atoms with Crippen LogP contribution in [0.5, 0.6) is 0 Å². The number of hydrogen-bond donors (Lipinski definition) is 0. The number of rotatable bonds is 0. The fourth-order valence-corrected chi connectivity index (χ4v) is 6.75. The van der Waals surface area contributed by atoms with E-state index >= 15 is 0 Å². The molecule has 0 saturated heterocycles. The summed E-state index contributed by atoms with van der Waals surface area (Å²) in [5.74, 6) is 0. The highest BCUT2D eigenvalue weighted by Gasteiger charge is 2.22. The molecule has 16 nitrogen and oxygen atoms in total. The lowest BCUT2D eigenvalue weighted by molar-refractivity contribution is -0.730. The van der Waals surface area contributed by atoms with Crippen LogP contribution in [0.2, 0.25) is 0 Å². The van der Waals surface area contributed by atoms with Crippen molar-refractivity contribution in [3.8, 4) is 0 Å². The Balaban J connectivity index is 0.000000221. The van der Waals surface area contributed by atoms with Gasteiger partial charge in [0, 0.05) is 72.2 Å². The first-order valence-electron chi connectivity index (χ1n) is 24.5. The first kappa shape index (κ1) is 60.9. The van der Waals surface area contributed by atoms with Gasteiger partial charge in [0.25, 0.3) is 24.4 Å². The molecule has 0 saturated carbocycles. The van der Waals surface area contributed by atoms with E-state index in [1.807, 2.05) is 147 Å². The number of allylic oxidation sites excluding steroid dienone is 2. The smallest absolute Gasteiger partial charge is 0.252 e. The molecule has 0 atom stereocenters. The third kappa shape index (κ3) is 27.3. The van der Waals surface area contributed by atoms with Gasteiger partial charge in [-0.1, -0.05) is 62.1 Å². The molecule has 6 aromatic heterocycles. The zero-order valence-corrected chi connectivity index (χ0v) is 47.0. The zero-order chi connectivity index (χ0) is 54.5. The number of hydrogen-bond acceptors (Lipinski definition) is 7. The Morgan fingerprint density at radius 3 is 1.47 bits per heavy atom. The fraction of sp³-hybridized carbons (Fsp3) is 0.276. The lowest BCUT2D eigenvalue weighted by Gasteiger charge is -1.91. The van der Waals surface area contributed by atoms with Crippen molar-refractivity contribution < 1.29 is 45.2 Å². The maximum absolute atomic E-state index is 3.90. The predicted molar refractivity (Wildman–Crippen MR) is 296 cm³/mol. The number of pyridine rings is 1. The molecule has 12 rings (SSSR count). The van der Waals surface area contributed by atoms with Crippen molar-refractivity contribution >= 4 is 47.0 Å². The van der Waals surface area contributed by atoms with E-state index in [9.17, 15) is 0 Å². The van der Waals surface area contributed by atoms with E-state index in [-0.39, 0.29) is 0 Å². The normalized spacial score (nSPS) is 12.3. The Hall–Kier alpha value is -8.44. The standard InChI is InChI=1S/C10H12N.C9H10N.C6H10N.C6H8N.3C5H7N2.C5H8N.C4H6N3.C3H5N2S/c1-8-7-9-5-3-4-6-10(9)11(8)2;1-10-7-6-8-4-2-3-5-9(8)10;1-6-4-3-5-7(6)2;1-7-5-3-2-4-6-7;1-7-4-2-6-3-5-7;1-7-4-2-3-6-5-7;1-7-5-3-2-4-6-7;1-6-4-2-3-5-6;1-7-3-5-2-6-4-7;1-5-3-2-4-6-5/h3-6H,7H2,1-2H3;2-5,7H,6H2,1H3;3,5H,4H2,1-2H3;2-6H,1H3;3*2-5H,1H3;2,4-5H,3H2,1H3;2-4H,1H3;2-3H,1H3/q10*+1. The second kappa shape index (κ2) is 36.5. The van der Waals surface area contributed by atoms with Gasteiger partial charge in [-0.2, -0.15) is 3.96 Å². The molecular weight excluding hydrogens is 953 g/mol. The summed E-state index contributed by atoms with van der Waals surface area (Å²) in [6.45, 7) is 4.32. The lowest BCUT2D eigenvalue weighted by Crippen LogP contribution is -2.30. The van der Waals surface area contributed by atoms with Crippen LogP contribution in [0.25, 0.3) is 0 Å². The number of para-hydroxylation sites is 2. The van der Waals surface area contributed by atoms with Crippen LogP contribution in [0.4, 0.5) is 11.4 Å². The Morgan fingerprint density at radius 2 is 1.11 bits per heavy atom. The molecule has 0 aliphatic carbocycles. The van der Waals surface area contributed by atoms with Crippen LogP contribution in [0.15, 0.2) is 209 Å². The van der Waals surface area contributed by atoms with E-state index in [0.29, 0.717) is 0 Å². The van der Waals surface area contributed by atoms with Crippen molar-refractivity contribution in [1.29, 1.82) is 0 Å². The minimum absolute atomic E-state index is 1.09. The number of nitrogens with zero attached hydrogens (tertiary/aromatic N) is 16. The van der Waals surface area contributed by atoms with Gasteiger partial charge in [0.15, 0.2) is 68.1 Å². The molecule has 0 unspecified atom stereocenters. The number of fused-ring (bicyclic) bond motifs is 2. The van der Waals surface area contributed by atoms with Gasteiger partial charge in [-0.25, -0.2) is 36.6 Å². The van der Waals surface area contributed by atoms with Gasteiger partial charge in [-0.15, -0.1) is 0 Å². The summed E-state index contributed by atoms with van der Waals surface area (Å²) in [5.41, 5.74) is 8.47. The molecule has 4 aliphatic heterocycles. The van der Waals surface area contributed by atoms with Crippen molar-refractivity contribution in [1.82, 2.24) is 29.4 Å². The molecule has 8 aromatic rings. The molecule has 0 N–H and O–H groups in total. The monoisotopic (exact) mass is 1030 g/mol. The Labute approximate surface area is 449 Å². The minimum atomic E-state index is 1.09.